The maximum absolute atomic E-state index is 12.6. The normalized spacial score (nSPS) is 15.4. The van der Waals surface area contributed by atoms with Crippen molar-refractivity contribution >= 4 is 16.6 Å². The smallest absolute Gasteiger partial charge is 0.270 e. The van der Waals surface area contributed by atoms with Crippen LogP contribution in [0.2, 0.25) is 0 Å². The molecule has 0 amide bonds. The van der Waals surface area contributed by atoms with E-state index in [1.54, 1.807) is 11.6 Å². The molecule has 6 heteroatoms. The van der Waals surface area contributed by atoms with Crippen LogP contribution in [0.1, 0.15) is 29.9 Å². The largest absolute Gasteiger partial charge is 0.370 e. The number of nitrogens with zero attached hydrogens (tertiary/aromatic N) is 4. The average Bonchev–Trinajstić information content (AvgIpc) is 3.19. The number of para-hydroxylation sites is 1. The fraction of sp³-hybridized carbons (Fsp3) is 0.316. The van der Waals surface area contributed by atoms with E-state index >= 15 is 0 Å². The quantitative estimate of drug-likeness (QED) is 0.782. The molecule has 1 saturated heterocycles. The first-order valence-electron chi connectivity index (χ1n) is 8.46. The van der Waals surface area contributed by atoms with E-state index in [9.17, 15) is 10.1 Å². The third-order valence-electron chi connectivity index (χ3n) is 5.19. The number of aromatic nitrogens is 3. The fourth-order valence-electron chi connectivity index (χ4n) is 3.83. The molecule has 0 spiro atoms. The molecule has 0 radical (unpaired) electrons. The number of hydrogen-bond acceptors (Lipinski definition) is 4. The summed E-state index contributed by atoms with van der Waals surface area (Å²) >= 11 is 0. The molecule has 1 N–H and O–H groups in total. The van der Waals surface area contributed by atoms with Gasteiger partial charge in [0.25, 0.3) is 5.56 Å². The minimum absolute atomic E-state index is 0.229. The number of fused-ring (bicyclic) bond motifs is 1. The molecule has 4 rings (SSSR count). The summed E-state index contributed by atoms with van der Waals surface area (Å²) in [5.41, 5.74) is 2.88. The number of hydrogen-bond donors (Lipinski definition) is 1. The van der Waals surface area contributed by atoms with Crippen molar-refractivity contribution in [1.29, 1.82) is 5.26 Å². The Hall–Kier alpha value is -3.07. The van der Waals surface area contributed by atoms with E-state index in [1.165, 1.54) is 5.56 Å². The van der Waals surface area contributed by atoms with Gasteiger partial charge in [-0.15, -0.1) is 0 Å². The zero-order chi connectivity index (χ0) is 17.4. The molecule has 0 aliphatic carbocycles. The van der Waals surface area contributed by atoms with Gasteiger partial charge in [-0.25, -0.2) is 0 Å². The summed E-state index contributed by atoms with van der Waals surface area (Å²) in [5.74, 6) is 0.471. The molecule has 0 bridgehead atoms. The molecule has 2 aromatic heterocycles. The predicted molar refractivity (Wildman–Crippen MR) is 96.7 cm³/mol. The van der Waals surface area contributed by atoms with Crippen molar-refractivity contribution < 1.29 is 0 Å². The number of aromatic amines is 1. The number of nitriles is 1. The molecule has 25 heavy (non-hydrogen) atoms. The lowest BCUT2D eigenvalue weighted by Crippen LogP contribution is -2.35. The van der Waals surface area contributed by atoms with E-state index in [0.717, 1.165) is 42.5 Å². The van der Waals surface area contributed by atoms with Crippen LogP contribution in [0.25, 0.3) is 10.9 Å². The van der Waals surface area contributed by atoms with Crippen LogP contribution >= 0.6 is 0 Å². The molecule has 3 aromatic rings. The molecule has 1 fully saturated rings. The first kappa shape index (κ1) is 15.5. The number of piperidine rings is 1. The lowest BCUT2D eigenvalue weighted by Gasteiger charge is -2.34. The summed E-state index contributed by atoms with van der Waals surface area (Å²) in [6.07, 6.45) is 5.80. The van der Waals surface area contributed by atoms with Crippen LogP contribution in [-0.2, 0) is 7.05 Å². The molecule has 0 saturated carbocycles. The van der Waals surface area contributed by atoms with Crippen molar-refractivity contribution in [2.45, 2.75) is 18.8 Å². The molecule has 1 aliphatic rings. The van der Waals surface area contributed by atoms with Crippen LogP contribution in [0.5, 0.6) is 0 Å². The molecule has 126 valence electrons. The van der Waals surface area contributed by atoms with Crippen molar-refractivity contribution in [2.75, 3.05) is 18.0 Å². The number of pyridine rings is 1. The van der Waals surface area contributed by atoms with E-state index in [1.807, 2.05) is 36.7 Å². The van der Waals surface area contributed by atoms with E-state index in [-0.39, 0.29) is 11.1 Å². The van der Waals surface area contributed by atoms with E-state index in [2.05, 4.69) is 21.2 Å². The van der Waals surface area contributed by atoms with Crippen LogP contribution in [0.4, 0.5) is 5.69 Å². The third-order valence-corrected chi connectivity index (χ3v) is 5.19. The van der Waals surface area contributed by atoms with Gasteiger partial charge in [0.1, 0.15) is 11.6 Å². The number of H-pyrrole nitrogens is 1. The van der Waals surface area contributed by atoms with Gasteiger partial charge < -0.3 is 9.47 Å². The third kappa shape index (κ3) is 2.49. The average molecular weight is 333 g/mol. The number of aryl methyl sites for hydroxylation is 1. The standard InChI is InChI=1S/C19H19N5O/c1-23-17-5-3-2-4-15(17)18(16(10-20)19(23)25)24-8-6-13(7-9-24)14-11-21-22-12-14/h2-5,11-13H,6-9H2,1H3,(H,21,22). The highest BCUT2D eigenvalue weighted by Crippen LogP contribution is 2.34. The highest BCUT2D eigenvalue weighted by molar-refractivity contribution is 5.94. The highest BCUT2D eigenvalue weighted by Gasteiger charge is 2.26. The van der Waals surface area contributed by atoms with Crippen LogP contribution in [-0.4, -0.2) is 27.9 Å². The zero-order valence-corrected chi connectivity index (χ0v) is 14.1. The summed E-state index contributed by atoms with van der Waals surface area (Å²) in [5, 5.41) is 17.5. The topological polar surface area (TPSA) is 77.7 Å². The van der Waals surface area contributed by atoms with Crippen LogP contribution in [0, 0.1) is 11.3 Å². The van der Waals surface area contributed by atoms with Crippen LogP contribution in [0.3, 0.4) is 0 Å². The first-order valence-corrected chi connectivity index (χ1v) is 8.46. The summed E-state index contributed by atoms with van der Waals surface area (Å²) in [7, 11) is 1.72. The lowest BCUT2D eigenvalue weighted by atomic mass is 9.91. The molecule has 1 aliphatic heterocycles. The molecule has 3 heterocycles. The van der Waals surface area contributed by atoms with Gasteiger partial charge in [-0.05, 0) is 30.4 Å². The maximum Gasteiger partial charge on any atom is 0.270 e. The molecule has 1 aromatic carbocycles. The van der Waals surface area contributed by atoms with Gasteiger partial charge in [-0.2, -0.15) is 10.4 Å². The SMILES string of the molecule is Cn1c(=O)c(C#N)c(N2CCC(c3cn[nH]c3)CC2)c2ccccc21. The van der Waals surface area contributed by atoms with Gasteiger partial charge in [-0.3, -0.25) is 9.89 Å². The van der Waals surface area contributed by atoms with Crippen molar-refractivity contribution in [1.82, 2.24) is 14.8 Å². The van der Waals surface area contributed by atoms with Gasteiger partial charge >= 0.3 is 0 Å². The summed E-state index contributed by atoms with van der Waals surface area (Å²) in [6.45, 7) is 1.64. The molecule has 6 nitrogen and oxygen atoms in total. The minimum atomic E-state index is -0.229. The van der Waals surface area contributed by atoms with Gasteiger partial charge in [0.15, 0.2) is 0 Å². The Morgan fingerprint density at radius 3 is 2.72 bits per heavy atom. The Labute approximate surface area is 145 Å². The second kappa shape index (κ2) is 6.10. The number of rotatable bonds is 2. The highest BCUT2D eigenvalue weighted by atomic mass is 16.1. The minimum Gasteiger partial charge on any atom is -0.370 e. The van der Waals surface area contributed by atoms with Crippen LogP contribution < -0.4 is 10.5 Å². The molecule has 0 atom stereocenters. The Morgan fingerprint density at radius 1 is 1.28 bits per heavy atom. The van der Waals surface area contributed by atoms with Gasteiger partial charge in [0.2, 0.25) is 0 Å². The summed E-state index contributed by atoms with van der Waals surface area (Å²) in [6, 6.07) is 9.94. The lowest BCUT2D eigenvalue weighted by molar-refractivity contribution is 0.506. The number of nitrogens with one attached hydrogen (secondary N) is 1. The zero-order valence-electron chi connectivity index (χ0n) is 14.1. The fourth-order valence-corrected chi connectivity index (χ4v) is 3.83. The second-order valence-electron chi connectivity index (χ2n) is 6.51. The monoisotopic (exact) mass is 333 g/mol. The van der Waals surface area contributed by atoms with E-state index in [0.29, 0.717) is 5.92 Å². The van der Waals surface area contributed by atoms with E-state index in [4.69, 9.17) is 0 Å². The molecule has 0 unspecified atom stereocenters. The number of benzene rings is 1. The Kier molecular flexibility index (Phi) is 3.77. The first-order chi connectivity index (χ1) is 12.2. The summed E-state index contributed by atoms with van der Waals surface area (Å²) in [4.78, 5) is 14.8. The Morgan fingerprint density at radius 2 is 2.04 bits per heavy atom. The van der Waals surface area contributed by atoms with Gasteiger partial charge in [0.05, 0.1) is 17.4 Å². The van der Waals surface area contributed by atoms with Crippen molar-refractivity contribution in [3.05, 3.63) is 58.1 Å². The second-order valence-corrected chi connectivity index (χ2v) is 6.51. The Bertz CT molecular complexity index is 1000. The van der Waals surface area contributed by atoms with Crippen molar-refractivity contribution in [3.8, 4) is 6.07 Å². The van der Waals surface area contributed by atoms with Crippen LogP contribution in [0.15, 0.2) is 41.5 Å². The van der Waals surface area contributed by atoms with Crippen molar-refractivity contribution in [3.63, 3.8) is 0 Å². The van der Waals surface area contributed by atoms with Crippen molar-refractivity contribution in [2.24, 2.45) is 7.05 Å². The Balaban J connectivity index is 1.76. The van der Waals surface area contributed by atoms with E-state index < -0.39 is 0 Å². The number of anilines is 1. The molecular formula is C19H19N5O. The maximum atomic E-state index is 12.6. The predicted octanol–water partition coefficient (Wildman–Crippen LogP) is 2.52. The van der Waals surface area contributed by atoms with Gasteiger partial charge in [-0.1, -0.05) is 18.2 Å². The van der Waals surface area contributed by atoms with Gasteiger partial charge in [0, 0.05) is 31.7 Å². The molecular weight excluding hydrogens is 314 g/mol. The summed E-state index contributed by atoms with van der Waals surface area (Å²) < 4.78 is 1.57.